The smallest absolute Gasteiger partial charge is 0.211 e. The molecule has 0 aliphatic heterocycles. The SMILES string of the molecule is CCN(CCCNC(C)c1ccc(C)o1)S(C)(=O)=O. The normalized spacial score (nSPS) is 13.9. The van der Waals surface area contributed by atoms with E-state index < -0.39 is 10.0 Å². The van der Waals surface area contributed by atoms with E-state index in [9.17, 15) is 8.42 Å². The summed E-state index contributed by atoms with van der Waals surface area (Å²) in [4.78, 5) is 0. The Morgan fingerprint density at radius 2 is 2.11 bits per heavy atom. The van der Waals surface area contributed by atoms with Gasteiger partial charge in [-0.05, 0) is 38.9 Å². The van der Waals surface area contributed by atoms with Gasteiger partial charge in [0, 0.05) is 13.1 Å². The van der Waals surface area contributed by atoms with Crippen molar-refractivity contribution < 1.29 is 12.8 Å². The molecule has 0 aliphatic carbocycles. The topological polar surface area (TPSA) is 62.6 Å². The highest BCUT2D eigenvalue weighted by Crippen LogP contribution is 2.15. The number of nitrogens with zero attached hydrogens (tertiary/aromatic N) is 1. The summed E-state index contributed by atoms with van der Waals surface area (Å²) in [6.45, 7) is 7.63. The van der Waals surface area contributed by atoms with E-state index in [-0.39, 0.29) is 6.04 Å². The number of sulfonamides is 1. The second-order valence-electron chi connectivity index (χ2n) is 4.73. The first-order valence-electron chi connectivity index (χ1n) is 6.59. The lowest BCUT2D eigenvalue weighted by molar-refractivity contribution is 0.391. The van der Waals surface area contributed by atoms with Gasteiger partial charge in [-0.1, -0.05) is 6.92 Å². The van der Waals surface area contributed by atoms with Crippen molar-refractivity contribution in [1.82, 2.24) is 9.62 Å². The Bertz CT molecular complexity index is 482. The van der Waals surface area contributed by atoms with Crippen molar-refractivity contribution in [3.63, 3.8) is 0 Å². The lowest BCUT2D eigenvalue weighted by Gasteiger charge is -2.18. The van der Waals surface area contributed by atoms with Gasteiger partial charge in [0.2, 0.25) is 10.0 Å². The van der Waals surface area contributed by atoms with Gasteiger partial charge in [0.25, 0.3) is 0 Å². The van der Waals surface area contributed by atoms with Gasteiger partial charge < -0.3 is 9.73 Å². The van der Waals surface area contributed by atoms with Crippen molar-refractivity contribution in [3.8, 4) is 0 Å². The Hall–Kier alpha value is -0.850. The molecule has 0 saturated carbocycles. The zero-order valence-electron chi connectivity index (χ0n) is 12.1. The Kier molecular flexibility index (Phi) is 6.03. The van der Waals surface area contributed by atoms with Crippen LogP contribution in [0.2, 0.25) is 0 Å². The van der Waals surface area contributed by atoms with Crippen molar-refractivity contribution in [3.05, 3.63) is 23.7 Å². The van der Waals surface area contributed by atoms with Gasteiger partial charge >= 0.3 is 0 Å². The summed E-state index contributed by atoms with van der Waals surface area (Å²) in [7, 11) is -3.08. The number of furan rings is 1. The average molecular weight is 288 g/mol. The van der Waals surface area contributed by atoms with Crippen LogP contribution >= 0.6 is 0 Å². The first kappa shape index (κ1) is 16.2. The molecule has 0 aromatic carbocycles. The molecule has 5 nitrogen and oxygen atoms in total. The molecule has 0 radical (unpaired) electrons. The lowest BCUT2D eigenvalue weighted by Crippen LogP contribution is -2.32. The standard InChI is InChI=1S/C13H24N2O3S/c1-5-15(19(4,16)17)10-6-9-14-12(3)13-8-7-11(2)18-13/h7-8,12,14H,5-6,9-10H2,1-4H3. The molecule has 6 heteroatoms. The minimum absolute atomic E-state index is 0.141. The van der Waals surface area contributed by atoms with Crippen LogP contribution in [-0.4, -0.2) is 38.6 Å². The summed E-state index contributed by atoms with van der Waals surface area (Å²) in [5.41, 5.74) is 0. The predicted molar refractivity (Wildman–Crippen MR) is 76.6 cm³/mol. The average Bonchev–Trinajstić information content (AvgIpc) is 2.74. The number of rotatable bonds is 8. The molecule has 1 unspecified atom stereocenters. The summed E-state index contributed by atoms with van der Waals surface area (Å²) in [6, 6.07) is 4.04. The number of nitrogens with one attached hydrogen (secondary N) is 1. The molecule has 0 aliphatic rings. The summed E-state index contributed by atoms with van der Waals surface area (Å²) in [6.07, 6.45) is 2.03. The third-order valence-electron chi connectivity index (χ3n) is 3.04. The number of hydrogen-bond donors (Lipinski definition) is 1. The van der Waals surface area contributed by atoms with Gasteiger partial charge in [-0.3, -0.25) is 0 Å². The van der Waals surface area contributed by atoms with Crippen LogP contribution in [0.5, 0.6) is 0 Å². The van der Waals surface area contributed by atoms with Crippen LogP contribution in [-0.2, 0) is 10.0 Å². The van der Waals surface area contributed by atoms with Gasteiger partial charge in [0.1, 0.15) is 11.5 Å². The van der Waals surface area contributed by atoms with Gasteiger partial charge in [-0.15, -0.1) is 0 Å². The molecule has 1 aromatic heterocycles. The summed E-state index contributed by atoms with van der Waals surface area (Å²) >= 11 is 0. The zero-order chi connectivity index (χ0) is 14.5. The highest BCUT2D eigenvalue weighted by Gasteiger charge is 2.14. The molecule has 0 spiro atoms. The summed E-state index contributed by atoms with van der Waals surface area (Å²) < 4.78 is 29.8. The Balaban J connectivity index is 2.31. The maximum absolute atomic E-state index is 11.4. The minimum atomic E-state index is -3.08. The quantitative estimate of drug-likeness (QED) is 0.742. The van der Waals surface area contributed by atoms with E-state index in [1.165, 1.54) is 10.6 Å². The van der Waals surface area contributed by atoms with Crippen molar-refractivity contribution in [2.24, 2.45) is 0 Å². The van der Waals surface area contributed by atoms with Crippen molar-refractivity contribution in [2.75, 3.05) is 25.9 Å². The van der Waals surface area contributed by atoms with Crippen LogP contribution in [0, 0.1) is 6.92 Å². The number of aryl methyl sites for hydroxylation is 1. The largest absolute Gasteiger partial charge is 0.465 e. The third kappa shape index (κ3) is 5.34. The molecular weight excluding hydrogens is 264 g/mol. The van der Waals surface area contributed by atoms with Crippen LogP contribution in [0.3, 0.4) is 0 Å². The Morgan fingerprint density at radius 1 is 1.42 bits per heavy atom. The monoisotopic (exact) mass is 288 g/mol. The summed E-state index contributed by atoms with van der Waals surface area (Å²) in [5.74, 6) is 1.81. The van der Waals surface area contributed by atoms with E-state index in [1.807, 2.05) is 32.9 Å². The highest BCUT2D eigenvalue weighted by molar-refractivity contribution is 7.88. The fraction of sp³-hybridized carbons (Fsp3) is 0.692. The van der Waals surface area contributed by atoms with E-state index in [0.29, 0.717) is 13.1 Å². The molecule has 1 heterocycles. The minimum Gasteiger partial charge on any atom is -0.465 e. The van der Waals surface area contributed by atoms with Crippen molar-refractivity contribution >= 4 is 10.0 Å². The Morgan fingerprint density at radius 3 is 2.58 bits per heavy atom. The molecule has 1 aromatic rings. The zero-order valence-corrected chi connectivity index (χ0v) is 13.0. The fourth-order valence-corrected chi connectivity index (χ4v) is 2.85. The second-order valence-corrected chi connectivity index (χ2v) is 6.71. The van der Waals surface area contributed by atoms with Gasteiger partial charge in [0.15, 0.2) is 0 Å². The third-order valence-corrected chi connectivity index (χ3v) is 4.42. The first-order chi connectivity index (χ1) is 8.84. The molecule has 1 rings (SSSR count). The van der Waals surface area contributed by atoms with Crippen LogP contribution in [0.25, 0.3) is 0 Å². The van der Waals surface area contributed by atoms with E-state index >= 15 is 0 Å². The molecule has 19 heavy (non-hydrogen) atoms. The molecule has 110 valence electrons. The molecule has 0 saturated heterocycles. The van der Waals surface area contributed by atoms with E-state index in [1.54, 1.807) is 0 Å². The Labute approximate surface area is 116 Å². The maximum Gasteiger partial charge on any atom is 0.211 e. The van der Waals surface area contributed by atoms with Crippen LogP contribution in [0.4, 0.5) is 0 Å². The van der Waals surface area contributed by atoms with Crippen molar-refractivity contribution in [1.29, 1.82) is 0 Å². The van der Waals surface area contributed by atoms with Gasteiger partial charge in [-0.2, -0.15) is 0 Å². The predicted octanol–water partition coefficient (Wildman–Crippen LogP) is 1.91. The highest BCUT2D eigenvalue weighted by atomic mass is 32.2. The number of hydrogen-bond acceptors (Lipinski definition) is 4. The molecule has 0 fully saturated rings. The van der Waals surface area contributed by atoms with E-state index in [4.69, 9.17) is 4.42 Å². The van der Waals surface area contributed by atoms with E-state index in [0.717, 1.165) is 24.5 Å². The molecule has 1 atom stereocenters. The van der Waals surface area contributed by atoms with Gasteiger partial charge in [-0.25, -0.2) is 12.7 Å². The van der Waals surface area contributed by atoms with Crippen molar-refractivity contribution in [2.45, 2.75) is 33.2 Å². The van der Waals surface area contributed by atoms with Crippen LogP contribution in [0.15, 0.2) is 16.5 Å². The lowest BCUT2D eigenvalue weighted by atomic mass is 10.2. The second kappa shape index (κ2) is 7.07. The molecule has 1 N–H and O–H groups in total. The first-order valence-corrected chi connectivity index (χ1v) is 8.44. The van der Waals surface area contributed by atoms with Gasteiger partial charge in [0.05, 0.1) is 12.3 Å². The maximum atomic E-state index is 11.4. The van der Waals surface area contributed by atoms with Crippen LogP contribution < -0.4 is 5.32 Å². The molecule has 0 amide bonds. The molecule has 0 bridgehead atoms. The molecular formula is C13H24N2O3S. The fourth-order valence-electron chi connectivity index (χ4n) is 1.92. The van der Waals surface area contributed by atoms with Crippen LogP contribution in [0.1, 0.15) is 37.8 Å². The van der Waals surface area contributed by atoms with E-state index in [2.05, 4.69) is 5.32 Å². The summed E-state index contributed by atoms with van der Waals surface area (Å²) in [5, 5.41) is 3.33.